The molecule has 1 aromatic carbocycles. The maximum Gasteiger partial charge on any atom is 0.239 e. The van der Waals surface area contributed by atoms with Gasteiger partial charge in [0.15, 0.2) is 0 Å². The third-order valence-corrected chi connectivity index (χ3v) is 3.34. The smallest absolute Gasteiger partial charge is 0.239 e. The van der Waals surface area contributed by atoms with Crippen molar-refractivity contribution >= 4 is 11.8 Å². The minimum Gasteiger partial charge on any atom is -0.355 e. The van der Waals surface area contributed by atoms with Gasteiger partial charge in [-0.1, -0.05) is 49.6 Å². The summed E-state index contributed by atoms with van der Waals surface area (Å²) in [5.74, 6) is -0.172. The number of nitrogens with one attached hydrogen (secondary N) is 1. The lowest BCUT2D eigenvalue weighted by Crippen LogP contribution is -2.39. The van der Waals surface area contributed by atoms with Crippen LogP contribution in [0, 0.1) is 6.92 Å². The first kappa shape index (κ1) is 17.2. The van der Waals surface area contributed by atoms with Gasteiger partial charge in [-0.2, -0.15) is 0 Å². The first-order valence-corrected chi connectivity index (χ1v) is 7.60. The lowest BCUT2D eigenvalue weighted by molar-refractivity contribution is -0.134. The standard InChI is InChI=1S/C17H26N2O2/c1-4-5-6-10-18-17(21)13-19(15(3)20)12-16-9-7-8-14(2)11-16/h7-9,11H,4-6,10,12-13H2,1-3H3,(H,18,21). The van der Waals surface area contributed by atoms with Crippen LogP contribution >= 0.6 is 0 Å². The second kappa shape index (κ2) is 9.16. The summed E-state index contributed by atoms with van der Waals surface area (Å²) in [6.07, 6.45) is 3.23. The van der Waals surface area contributed by atoms with Gasteiger partial charge in [-0.05, 0) is 18.9 Å². The Morgan fingerprint density at radius 2 is 2.00 bits per heavy atom. The van der Waals surface area contributed by atoms with Crippen LogP contribution in [0.25, 0.3) is 0 Å². The van der Waals surface area contributed by atoms with Gasteiger partial charge in [0, 0.05) is 20.0 Å². The molecule has 0 heterocycles. The highest BCUT2D eigenvalue weighted by Gasteiger charge is 2.13. The highest BCUT2D eigenvalue weighted by atomic mass is 16.2. The van der Waals surface area contributed by atoms with Crippen molar-refractivity contribution < 1.29 is 9.59 Å². The molecular formula is C17H26N2O2. The summed E-state index contributed by atoms with van der Waals surface area (Å²) < 4.78 is 0. The zero-order valence-electron chi connectivity index (χ0n) is 13.3. The zero-order chi connectivity index (χ0) is 15.7. The molecule has 1 aromatic rings. The topological polar surface area (TPSA) is 49.4 Å². The fourth-order valence-corrected chi connectivity index (χ4v) is 2.14. The monoisotopic (exact) mass is 290 g/mol. The van der Waals surface area contributed by atoms with Crippen molar-refractivity contribution in [2.75, 3.05) is 13.1 Å². The van der Waals surface area contributed by atoms with Crippen LogP contribution in [0.4, 0.5) is 0 Å². The van der Waals surface area contributed by atoms with Crippen LogP contribution in [-0.2, 0) is 16.1 Å². The molecule has 0 aliphatic carbocycles. The van der Waals surface area contributed by atoms with E-state index in [9.17, 15) is 9.59 Å². The lowest BCUT2D eigenvalue weighted by Gasteiger charge is -2.21. The van der Waals surface area contributed by atoms with Crippen molar-refractivity contribution in [1.82, 2.24) is 10.2 Å². The largest absolute Gasteiger partial charge is 0.355 e. The number of carbonyl (C=O) groups is 2. The van der Waals surface area contributed by atoms with E-state index in [0.717, 1.165) is 30.4 Å². The summed E-state index contributed by atoms with van der Waals surface area (Å²) in [5.41, 5.74) is 2.20. The van der Waals surface area contributed by atoms with Crippen molar-refractivity contribution in [2.24, 2.45) is 0 Å². The molecule has 21 heavy (non-hydrogen) atoms. The molecule has 0 radical (unpaired) electrons. The van der Waals surface area contributed by atoms with Crippen molar-refractivity contribution in [3.05, 3.63) is 35.4 Å². The van der Waals surface area contributed by atoms with E-state index in [-0.39, 0.29) is 18.4 Å². The first-order chi connectivity index (χ1) is 10.0. The van der Waals surface area contributed by atoms with Gasteiger partial charge in [-0.25, -0.2) is 0 Å². The number of nitrogens with zero attached hydrogens (tertiary/aromatic N) is 1. The molecule has 116 valence electrons. The number of benzene rings is 1. The van der Waals surface area contributed by atoms with E-state index in [0.29, 0.717) is 13.1 Å². The molecule has 0 bridgehead atoms. The van der Waals surface area contributed by atoms with Crippen LogP contribution in [0.1, 0.15) is 44.2 Å². The summed E-state index contributed by atoms with van der Waals surface area (Å²) >= 11 is 0. The molecule has 0 aliphatic heterocycles. The van der Waals surface area contributed by atoms with Crippen molar-refractivity contribution in [3.8, 4) is 0 Å². The number of aryl methyl sites for hydroxylation is 1. The summed E-state index contributed by atoms with van der Waals surface area (Å²) in [6.45, 7) is 6.92. The molecule has 1 N–H and O–H groups in total. The van der Waals surface area contributed by atoms with Crippen LogP contribution in [0.5, 0.6) is 0 Å². The maximum atomic E-state index is 11.9. The van der Waals surface area contributed by atoms with E-state index < -0.39 is 0 Å². The fourth-order valence-electron chi connectivity index (χ4n) is 2.14. The van der Waals surface area contributed by atoms with Gasteiger partial charge in [-0.3, -0.25) is 9.59 Å². The van der Waals surface area contributed by atoms with Crippen LogP contribution < -0.4 is 5.32 Å². The Kier molecular flexibility index (Phi) is 7.51. The molecule has 0 spiro atoms. The van der Waals surface area contributed by atoms with Gasteiger partial charge in [0.2, 0.25) is 11.8 Å². The van der Waals surface area contributed by atoms with Crippen molar-refractivity contribution in [2.45, 2.75) is 46.6 Å². The average Bonchev–Trinajstić information content (AvgIpc) is 2.43. The Balaban J connectivity index is 2.50. The Labute approximate surface area is 127 Å². The Morgan fingerprint density at radius 3 is 2.62 bits per heavy atom. The summed E-state index contributed by atoms with van der Waals surface area (Å²) in [4.78, 5) is 25.1. The van der Waals surface area contributed by atoms with E-state index in [1.807, 2.05) is 31.2 Å². The Bertz CT molecular complexity index is 472. The van der Waals surface area contributed by atoms with Gasteiger partial charge in [0.05, 0.1) is 6.54 Å². The quantitative estimate of drug-likeness (QED) is 0.748. The number of hydrogen-bond acceptors (Lipinski definition) is 2. The third kappa shape index (κ3) is 6.93. The minimum atomic E-state index is -0.0889. The maximum absolute atomic E-state index is 11.9. The normalized spacial score (nSPS) is 10.2. The molecule has 0 aromatic heterocycles. The number of hydrogen-bond donors (Lipinski definition) is 1. The molecule has 4 nitrogen and oxygen atoms in total. The predicted molar refractivity (Wildman–Crippen MR) is 84.8 cm³/mol. The average molecular weight is 290 g/mol. The molecule has 0 saturated carbocycles. The highest BCUT2D eigenvalue weighted by molar-refractivity contribution is 5.83. The zero-order valence-corrected chi connectivity index (χ0v) is 13.3. The summed E-state index contributed by atoms with van der Waals surface area (Å²) in [7, 11) is 0. The van der Waals surface area contributed by atoms with Gasteiger partial charge < -0.3 is 10.2 Å². The van der Waals surface area contributed by atoms with Crippen LogP contribution in [0.3, 0.4) is 0 Å². The molecule has 0 aliphatic rings. The highest BCUT2D eigenvalue weighted by Crippen LogP contribution is 2.07. The third-order valence-electron chi connectivity index (χ3n) is 3.34. The van der Waals surface area contributed by atoms with Gasteiger partial charge in [0.25, 0.3) is 0 Å². The van der Waals surface area contributed by atoms with Crippen molar-refractivity contribution in [1.29, 1.82) is 0 Å². The fraction of sp³-hybridized carbons (Fsp3) is 0.529. The number of unbranched alkanes of at least 4 members (excludes halogenated alkanes) is 2. The van der Waals surface area contributed by atoms with E-state index in [1.54, 1.807) is 4.90 Å². The molecule has 0 atom stereocenters. The van der Waals surface area contributed by atoms with Gasteiger partial charge >= 0.3 is 0 Å². The second-order valence-corrected chi connectivity index (χ2v) is 5.42. The molecule has 2 amide bonds. The molecule has 0 fully saturated rings. The van der Waals surface area contributed by atoms with Crippen LogP contribution in [-0.4, -0.2) is 29.8 Å². The van der Waals surface area contributed by atoms with Crippen LogP contribution in [0.2, 0.25) is 0 Å². The molecule has 4 heteroatoms. The molecule has 0 unspecified atom stereocenters. The number of amides is 2. The second-order valence-electron chi connectivity index (χ2n) is 5.42. The van der Waals surface area contributed by atoms with E-state index in [4.69, 9.17) is 0 Å². The number of carbonyl (C=O) groups excluding carboxylic acids is 2. The summed E-state index contributed by atoms with van der Waals surface area (Å²) in [6, 6.07) is 7.99. The van der Waals surface area contributed by atoms with E-state index in [1.165, 1.54) is 6.92 Å². The first-order valence-electron chi connectivity index (χ1n) is 7.60. The molecule has 1 rings (SSSR count). The van der Waals surface area contributed by atoms with Gasteiger partial charge in [0.1, 0.15) is 0 Å². The number of rotatable bonds is 8. The Morgan fingerprint density at radius 1 is 1.24 bits per heavy atom. The SMILES string of the molecule is CCCCCNC(=O)CN(Cc1cccc(C)c1)C(C)=O. The predicted octanol–water partition coefficient (Wildman–Crippen LogP) is 2.65. The lowest BCUT2D eigenvalue weighted by atomic mass is 10.1. The van der Waals surface area contributed by atoms with Gasteiger partial charge in [-0.15, -0.1) is 0 Å². The summed E-state index contributed by atoms with van der Waals surface area (Å²) in [5, 5.41) is 2.87. The van der Waals surface area contributed by atoms with E-state index in [2.05, 4.69) is 12.2 Å². The minimum absolute atomic E-state index is 0.0831. The molecular weight excluding hydrogens is 264 g/mol. The van der Waals surface area contributed by atoms with Crippen molar-refractivity contribution in [3.63, 3.8) is 0 Å². The molecule has 0 saturated heterocycles. The Hall–Kier alpha value is -1.84. The van der Waals surface area contributed by atoms with E-state index >= 15 is 0 Å². The van der Waals surface area contributed by atoms with Crippen LogP contribution in [0.15, 0.2) is 24.3 Å².